The molecule has 130 valence electrons. The lowest BCUT2D eigenvalue weighted by molar-refractivity contribution is -0.0554. The Balaban J connectivity index is 1.85. The summed E-state index contributed by atoms with van der Waals surface area (Å²) in [4.78, 5) is 7.76. The van der Waals surface area contributed by atoms with E-state index in [-0.39, 0.29) is 17.4 Å². The third-order valence-corrected chi connectivity index (χ3v) is 4.82. The molecule has 0 aliphatic heterocycles. The van der Waals surface area contributed by atoms with Crippen LogP contribution in [0.5, 0.6) is 0 Å². The molecule has 1 atom stereocenters. The van der Waals surface area contributed by atoms with Crippen molar-refractivity contribution in [2.45, 2.75) is 30.5 Å². The fourth-order valence-corrected chi connectivity index (χ4v) is 3.33. The molecule has 0 spiro atoms. The van der Waals surface area contributed by atoms with Crippen molar-refractivity contribution < 1.29 is 13.9 Å². The standard InChI is InChI=1S/C15H13ClF2N6O/c16-13-20-9-24(22-13)14(3-4-14)15(25,6-23-8-19-7-21-23)10-1-2-11(17)12(18)5-10/h1-2,5,7-9,25H,3-4,6H2. The van der Waals surface area contributed by atoms with E-state index in [2.05, 4.69) is 20.2 Å². The van der Waals surface area contributed by atoms with Gasteiger partial charge in [-0.05, 0) is 42.1 Å². The lowest BCUT2D eigenvalue weighted by Crippen LogP contribution is -2.47. The van der Waals surface area contributed by atoms with Gasteiger partial charge in [-0.25, -0.2) is 28.1 Å². The van der Waals surface area contributed by atoms with Gasteiger partial charge in [-0.2, -0.15) is 5.10 Å². The highest BCUT2D eigenvalue weighted by Crippen LogP contribution is 2.56. The van der Waals surface area contributed by atoms with Crippen LogP contribution in [0.3, 0.4) is 0 Å². The molecule has 0 radical (unpaired) electrons. The Hall–Kier alpha value is -2.39. The molecule has 10 heteroatoms. The van der Waals surface area contributed by atoms with E-state index in [1.54, 1.807) is 0 Å². The van der Waals surface area contributed by atoms with Gasteiger partial charge in [0, 0.05) is 0 Å². The maximum Gasteiger partial charge on any atom is 0.242 e. The van der Waals surface area contributed by atoms with Crippen LogP contribution >= 0.6 is 11.6 Å². The first-order chi connectivity index (χ1) is 11.9. The van der Waals surface area contributed by atoms with Crippen molar-refractivity contribution in [1.82, 2.24) is 29.5 Å². The van der Waals surface area contributed by atoms with Gasteiger partial charge in [0.15, 0.2) is 11.6 Å². The molecule has 1 N–H and O–H groups in total. The monoisotopic (exact) mass is 366 g/mol. The molecule has 2 aromatic heterocycles. The number of halogens is 3. The summed E-state index contributed by atoms with van der Waals surface area (Å²) in [7, 11) is 0. The van der Waals surface area contributed by atoms with Gasteiger partial charge in [-0.3, -0.25) is 0 Å². The summed E-state index contributed by atoms with van der Waals surface area (Å²) >= 11 is 5.82. The molecule has 1 aliphatic rings. The summed E-state index contributed by atoms with van der Waals surface area (Å²) < 4.78 is 30.1. The lowest BCUT2D eigenvalue weighted by Gasteiger charge is -2.37. The fourth-order valence-electron chi connectivity index (χ4n) is 3.21. The predicted octanol–water partition coefficient (Wildman–Crippen LogP) is 1.88. The minimum absolute atomic E-state index is 0.0183. The van der Waals surface area contributed by atoms with Crippen LogP contribution < -0.4 is 0 Å². The van der Waals surface area contributed by atoms with Gasteiger partial charge in [-0.1, -0.05) is 6.07 Å². The molecule has 0 bridgehead atoms. The van der Waals surface area contributed by atoms with E-state index in [9.17, 15) is 13.9 Å². The number of hydrogen-bond acceptors (Lipinski definition) is 5. The van der Waals surface area contributed by atoms with Crippen molar-refractivity contribution in [3.8, 4) is 0 Å². The second-order valence-corrected chi connectivity index (χ2v) is 6.41. The summed E-state index contributed by atoms with van der Waals surface area (Å²) in [5.41, 5.74) is -2.29. The zero-order valence-corrected chi connectivity index (χ0v) is 13.6. The van der Waals surface area contributed by atoms with Crippen LogP contribution in [0.2, 0.25) is 5.28 Å². The molecular formula is C15H13ClF2N6O. The molecule has 1 fully saturated rings. The number of aromatic nitrogens is 6. The first kappa shape index (κ1) is 16.1. The van der Waals surface area contributed by atoms with Gasteiger partial charge in [0.05, 0.1) is 12.1 Å². The van der Waals surface area contributed by atoms with Crippen molar-refractivity contribution in [3.63, 3.8) is 0 Å². The van der Waals surface area contributed by atoms with Crippen LogP contribution in [0.15, 0.2) is 37.2 Å². The van der Waals surface area contributed by atoms with E-state index >= 15 is 0 Å². The Morgan fingerprint density at radius 3 is 2.60 bits per heavy atom. The lowest BCUT2D eigenvalue weighted by atomic mass is 9.83. The molecular weight excluding hydrogens is 354 g/mol. The maximum absolute atomic E-state index is 13.8. The van der Waals surface area contributed by atoms with E-state index in [4.69, 9.17) is 11.6 Å². The highest BCUT2D eigenvalue weighted by Gasteiger charge is 2.62. The zero-order valence-electron chi connectivity index (χ0n) is 12.8. The SMILES string of the molecule is OC(Cn1cncn1)(c1ccc(F)c(F)c1)C1(n2cnc(Cl)n2)CC1. The maximum atomic E-state index is 13.8. The summed E-state index contributed by atoms with van der Waals surface area (Å²) in [6.45, 7) is -0.0183. The number of aliphatic hydroxyl groups is 1. The molecule has 7 nitrogen and oxygen atoms in total. The highest BCUT2D eigenvalue weighted by atomic mass is 35.5. The van der Waals surface area contributed by atoms with Crippen LogP contribution in [0, 0.1) is 11.6 Å². The van der Waals surface area contributed by atoms with Crippen molar-refractivity contribution in [3.05, 3.63) is 59.7 Å². The molecule has 0 saturated heterocycles. The van der Waals surface area contributed by atoms with Gasteiger partial charge >= 0.3 is 0 Å². The molecule has 1 unspecified atom stereocenters. The molecule has 4 rings (SSSR count). The summed E-state index contributed by atoms with van der Waals surface area (Å²) in [6.07, 6.45) is 5.32. The Bertz CT molecular complexity index is 911. The Morgan fingerprint density at radius 1 is 1.24 bits per heavy atom. The summed E-state index contributed by atoms with van der Waals surface area (Å²) in [6, 6.07) is 3.33. The zero-order chi connectivity index (χ0) is 17.7. The van der Waals surface area contributed by atoms with Crippen LogP contribution in [-0.2, 0) is 17.7 Å². The predicted molar refractivity (Wildman–Crippen MR) is 82.5 cm³/mol. The second kappa shape index (κ2) is 5.57. The van der Waals surface area contributed by atoms with E-state index in [1.807, 2.05) is 0 Å². The number of nitrogens with zero attached hydrogens (tertiary/aromatic N) is 6. The first-order valence-corrected chi connectivity index (χ1v) is 7.90. The summed E-state index contributed by atoms with van der Waals surface area (Å²) in [5, 5.41) is 19.8. The number of benzene rings is 1. The molecule has 1 aromatic carbocycles. The Morgan fingerprint density at radius 2 is 2.04 bits per heavy atom. The van der Waals surface area contributed by atoms with E-state index in [1.165, 1.54) is 34.4 Å². The molecule has 3 aromatic rings. The third-order valence-electron chi connectivity index (χ3n) is 4.65. The normalized spacial score (nSPS) is 18.1. The van der Waals surface area contributed by atoms with Crippen LogP contribution in [0.25, 0.3) is 0 Å². The Labute approximate surface area is 145 Å². The van der Waals surface area contributed by atoms with Crippen molar-refractivity contribution >= 4 is 11.6 Å². The van der Waals surface area contributed by atoms with Gasteiger partial charge in [0.2, 0.25) is 5.28 Å². The summed E-state index contributed by atoms with van der Waals surface area (Å²) in [5.74, 6) is -2.03. The second-order valence-electron chi connectivity index (χ2n) is 6.07. The average Bonchev–Trinajstić information content (AvgIpc) is 3.03. The topological polar surface area (TPSA) is 81.6 Å². The fraction of sp³-hybridized carbons (Fsp3) is 0.333. The van der Waals surface area contributed by atoms with Gasteiger partial charge in [0.25, 0.3) is 0 Å². The van der Waals surface area contributed by atoms with E-state index in [0.29, 0.717) is 12.8 Å². The number of rotatable bonds is 5. The largest absolute Gasteiger partial charge is 0.381 e. The average molecular weight is 367 g/mol. The molecule has 25 heavy (non-hydrogen) atoms. The van der Waals surface area contributed by atoms with Crippen LogP contribution in [-0.4, -0.2) is 34.6 Å². The highest BCUT2D eigenvalue weighted by molar-refractivity contribution is 6.28. The minimum Gasteiger partial charge on any atom is -0.381 e. The Kier molecular flexibility index (Phi) is 3.58. The van der Waals surface area contributed by atoms with Crippen LogP contribution in [0.1, 0.15) is 18.4 Å². The first-order valence-electron chi connectivity index (χ1n) is 7.53. The third kappa shape index (κ3) is 2.50. The molecule has 1 aliphatic carbocycles. The molecule has 1 saturated carbocycles. The van der Waals surface area contributed by atoms with Crippen molar-refractivity contribution in [2.75, 3.05) is 0 Å². The number of hydrogen-bond donors (Lipinski definition) is 1. The van der Waals surface area contributed by atoms with Crippen molar-refractivity contribution in [1.29, 1.82) is 0 Å². The van der Waals surface area contributed by atoms with Crippen LogP contribution in [0.4, 0.5) is 8.78 Å². The van der Waals surface area contributed by atoms with E-state index < -0.39 is 22.8 Å². The van der Waals surface area contributed by atoms with E-state index in [0.717, 1.165) is 12.1 Å². The van der Waals surface area contributed by atoms with Gasteiger partial charge in [-0.15, -0.1) is 5.10 Å². The smallest absolute Gasteiger partial charge is 0.242 e. The van der Waals surface area contributed by atoms with Crippen molar-refractivity contribution in [2.24, 2.45) is 0 Å². The van der Waals surface area contributed by atoms with Gasteiger partial charge < -0.3 is 5.11 Å². The molecule has 0 amide bonds. The minimum atomic E-state index is -1.62. The molecule has 2 heterocycles. The van der Waals surface area contributed by atoms with Gasteiger partial charge in [0.1, 0.15) is 24.6 Å². The quantitative estimate of drug-likeness (QED) is 0.745.